The zero-order chi connectivity index (χ0) is 9.42. The molecule has 1 unspecified atom stereocenters. The lowest BCUT2D eigenvalue weighted by molar-refractivity contribution is 0.834. The Morgan fingerprint density at radius 2 is 2.15 bits per heavy atom. The fourth-order valence-corrected chi connectivity index (χ4v) is 1.88. The summed E-state index contributed by atoms with van der Waals surface area (Å²) in [5.74, 6) is 1.31. The van der Waals surface area contributed by atoms with Crippen molar-refractivity contribution in [2.24, 2.45) is 0 Å². The van der Waals surface area contributed by atoms with Crippen molar-refractivity contribution in [2.45, 2.75) is 32.6 Å². The summed E-state index contributed by atoms with van der Waals surface area (Å²) < 4.78 is 0. The van der Waals surface area contributed by atoms with Gasteiger partial charge in [-0.1, -0.05) is 32.9 Å². The van der Waals surface area contributed by atoms with Gasteiger partial charge in [-0.05, 0) is 23.1 Å². The maximum absolute atomic E-state index is 3.42. The van der Waals surface area contributed by atoms with E-state index < -0.39 is 0 Å². The van der Waals surface area contributed by atoms with Crippen LogP contribution in [0.5, 0.6) is 0 Å². The SMILES string of the molecule is CC(C)c1ccc2c(c1)C(C)CN2. The van der Waals surface area contributed by atoms with E-state index >= 15 is 0 Å². The van der Waals surface area contributed by atoms with Crippen LogP contribution >= 0.6 is 0 Å². The third kappa shape index (κ3) is 1.43. The van der Waals surface area contributed by atoms with Gasteiger partial charge < -0.3 is 5.32 Å². The van der Waals surface area contributed by atoms with Crippen LogP contribution in [0.25, 0.3) is 0 Å². The average molecular weight is 175 g/mol. The quantitative estimate of drug-likeness (QED) is 0.690. The van der Waals surface area contributed by atoms with Crippen LogP contribution in [-0.2, 0) is 0 Å². The minimum atomic E-state index is 0.637. The Hall–Kier alpha value is -0.980. The highest BCUT2D eigenvalue weighted by Gasteiger charge is 2.18. The molecule has 1 aliphatic heterocycles. The summed E-state index contributed by atoms with van der Waals surface area (Å²) in [6.07, 6.45) is 0. The largest absolute Gasteiger partial charge is 0.384 e. The molecule has 0 spiro atoms. The Morgan fingerprint density at radius 1 is 1.38 bits per heavy atom. The first-order chi connectivity index (χ1) is 6.18. The predicted molar refractivity (Wildman–Crippen MR) is 57.4 cm³/mol. The fraction of sp³-hybridized carbons (Fsp3) is 0.500. The van der Waals surface area contributed by atoms with E-state index in [2.05, 4.69) is 44.3 Å². The lowest BCUT2D eigenvalue weighted by atomic mass is 9.96. The average Bonchev–Trinajstić information content (AvgIpc) is 2.47. The van der Waals surface area contributed by atoms with Crippen molar-refractivity contribution in [3.05, 3.63) is 29.3 Å². The van der Waals surface area contributed by atoms with Crippen LogP contribution in [0.2, 0.25) is 0 Å². The van der Waals surface area contributed by atoms with Gasteiger partial charge in [-0.2, -0.15) is 0 Å². The van der Waals surface area contributed by atoms with Crippen molar-refractivity contribution in [3.63, 3.8) is 0 Å². The van der Waals surface area contributed by atoms with Gasteiger partial charge in [-0.25, -0.2) is 0 Å². The van der Waals surface area contributed by atoms with Crippen LogP contribution in [0.3, 0.4) is 0 Å². The number of rotatable bonds is 1. The summed E-state index contributed by atoms with van der Waals surface area (Å²) in [4.78, 5) is 0. The zero-order valence-corrected chi connectivity index (χ0v) is 8.59. The van der Waals surface area contributed by atoms with Crippen LogP contribution in [0.4, 0.5) is 5.69 Å². The van der Waals surface area contributed by atoms with E-state index in [4.69, 9.17) is 0 Å². The third-order valence-electron chi connectivity index (χ3n) is 2.87. The van der Waals surface area contributed by atoms with E-state index in [1.807, 2.05) is 0 Å². The smallest absolute Gasteiger partial charge is 0.0376 e. The van der Waals surface area contributed by atoms with Gasteiger partial charge in [0.15, 0.2) is 0 Å². The number of benzene rings is 1. The topological polar surface area (TPSA) is 12.0 Å². The highest BCUT2D eigenvalue weighted by atomic mass is 14.9. The molecule has 1 atom stereocenters. The molecule has 0 saturated heterocycles. The monoisotopic (exact) mass is 175 g/mol. The Balaban J connectivity index is 2.42. The molecule has 1 aliphatic rings. The summed E-state index contributed by atoms with van der Waals surface area (Å²) in [6, 6.07) is 6.80. The fourth-order valence-electron chi connectivity index (χ4n) is 1.88. The lowest BCUT2D eigenvalue weighted by Crippen LogP contribution is -1.96. The van der Waals surface area contributed by atoms with Gasteiger partial charge in [0.1, 0.15) is 0 Å². The first-order valence-corrected chi connectivity index (χ1v) is 5.06. The number of nitrogens with one attached hydrogen (secondary N) is 1. The van der Waals surface area contributed by atoms with Gasteiger partial charge in [-0.3, -0.25) is 0 Å². The summed E-state index contributed by atoms with van der Waals surface area (Å²) in [7, 11) is 0. The molecule has 0 radical (unpaired) electrons. The van der Waals surface area contributed by atoms with Gasteiger partial charge in [0.2, 0.25) is 0 Å². The van der Waals surface area contributed by atoms with E-state index in [0.29, 0.717) is 11.8 Å². The third-order valence-corrected chi connectivity index (χ3v) is 2.87. The molecule has 1 heterocycles. The molecule has 2 rings (SSSR count). The second kappa shape index (κ2) is 3.06. The minimum Gasteiger partial charge on any atom is -0.384 e. The van der Waals surface area contributed by atoms with Gasteiger partial charge >= 0.3 is 0 Å². The van der Waals surface area contributed by atoms with Gasteiger partial charge in [0.25, 0.3) is 0 Å². The Kier molecular flexibility index (Phi) is 2.03. The van der Waals surface area contributed by atoms with Gasteiger partial charge in [0.05, 0.1) is 0 Å². The summed E-state index contributed by atoms with van der Waals surface area (Å²) in [6.45, 7) is 7.86. The molecule has 0 bridgehead atoms. The van der Waals surface area contributed by atoms with Crippen molar-refractivity contribution < 1.29 is 0 Å². The van der Waals surface area contributed by atoms with Gasteiger partial charge in [-0.15, -0.1) is 0 Å². The zero-order valence-electron chi connectivity index (χ0n) is 8.59. The second-order valence-corrected chi connectivity index (χ2v) is 4.28. The van der Waals surface area contributed by atoms with Crippen LogP contribution < -0.4 is 5.32 Å². The van der Waals surface area contributed by atoms with E-state index in [-0.39, 0.29) is 0 Å². The first kappa shape index (κ1) is 8.61. The van der Waals surface area contributed by atoms with Crippen LogP contribution in [0, 0.1) is 0 Å². The Labute approximate surface area is 80.2 Å². The van der Waals surface area contributed by atoms with Gasteiger partial charge in [0, 0.05) is 18.2 Å². The molecule has 1 aromatic carbocycles. The molecule has 0 amide bonds. The molecular weight excluding hydrogens is 158 g/mol. The molecule has 0 saturated carbocycles. The number of anilines is 1. The summed E-state index contributed by atoms with van der Waals surface area (Å²) in [5, 5.41) is 3.42. The number of hydrogen-bond donors (Lipinski definition) is 1. The van der Waals surface area contributed by atoms with Crippen molar-refractivity contribution >= 4 is 5.69 Å². The maximum Gasteiger partial charge on any atom is 0.0376 e. The van der Waals surface area contributed by atoms with Crippen molar-refractivity contribution in [3.8, 4) is 0 Å². The molecule has 0 aromatic heterocycles. The highest BCUT2D eigenvalue weighted by Crippen LogP contribution is 2.33. The molecule has 70 valence electrons. The lowest BCUT2D eigenvalue weighted by Gasteiger charge is -2.09. The molecule has 1 heteroatoms. The van der Waals surface area contributed by atoms with E-state index in [1.54, 1.807) is 0 Å². The highest BCUT2D eigenvalue weighted by molar-refractivity contribution is 5.58. The van der Waals surface area contributed by atoms with E-state index in [0.717, 1.165) is 6.54 Å². The normalized spacial score (nSPS) is 20.2. The Morgan fingerprint density at radius 3 is 2.85 bits per heavy atom. The van der Waals surface area contributed by atoms with Crippen molar-refractivity contribution in [1.29, 1.82) is 0 Å². The molecule has 0 fully saturated rings. The standard InChI is InChI=1S/C12H17N/c1-8(2)10-4-5-12-11(6-10)9(3)7-13-12/h4-6,8-9,13H,7H2,1-3H3. The van der Waals surface area contributed by atoms with Crippen LogP contribution in [0.15, 0.2) is 18.2 Å². The summed E-state index contributed by atoms with van der Waals surface area (Å²) >= 11 is 0. The van der Waals surface area contributed by atoms with Crippen molar-refractivity contribution in [2.75, 3.05) is 11.9 Å². The van der Waals surface area contributed by atoms with Crippen LogP contribution in [0.1, 0.15) is 43.7 Å². The molecule has 1 nitrogen and oxygen atoms in total. The van der Waals surface area contributed by atoms with Crippen LogP contribution in [-0.4, -0.2) is 6.54 Å². The molecule has 1 aromatic rings. The predicted octanol–water partition coefficient (Wildman–Crippen LogP) is 3.34. The van der Waals surface area contributed by atoms with E-state index in [9.17, 15) is 0 Å². The Bertz CT molecular complexity index is 315. The minimum absolute atomic E-state index is 0.637. The molecule has 0 aliphatic carbocycles. The number of hydrogen-bond acceptors (Lipinski definition) is 1. The maximum atomic E-state index is 3.42. The molecular formula is C12H17N. The second-order valence-electron chi connectivity index (χ2n) is 4.28. The first-order valence-electron chi connectivity index (χ1n) is 5.06. The number of fused-ring (bicyclic) bond motifs is 1. The van der Waals surface area contributed by atoms with Crippen molar-refractivity contribution in [1.82, 2.24) is 0 Å². The summed E-state index contributed by atoms with van der Waals surface area (Å²) in [5.41, 5.74) is 4.28. The molecule has 1 N–H and O–H groups in total. The molecule has 13 heavy (non-hydrogen) atoms. The van der Waals surface area contributed by atoms with E-state index in [1.165, 1.54) is 16.8 Å².